The zero-order valence-corrected chi connectivity index (χ0v) is 11.0. The average molecular weight is 302 g/mol. The third kappa shape index (κ3) is 3.17. The molecule has 1 heterocycles. The van der Waals surface area contributed by atoms with Crippen molar-refractivity contribution in [2.45, 2.75) is 12.6 Å². The molecule has 3 nitrogen and oxygen atoms in total. The number of hydrogen-bond donors (Lipinski definition) is 1. The maximum Gasteiger partial charge on any atom is 0.173 e. The van der Waals surface area contributed by atoms with E-state index in [2.05, 4.69) is 21.2 Å². The Morgan fingerprint density at radius 1 is 1.31 bits per heavy atom. The van der Waals surface area contributed by atoms with Crippen LogP contribution >= 0.6 is 15.9 Å². The van der Waals surface area contributed by atoms with Gasteiger partial charge < -0.3 is 5.32 Å². The maximum absolute atomic E-state index is 11.2. The second kappa shape index (κ2) is 4.69. The molecule has 1 aliphatic heterocycles. The highest BCUT2D eigenvalue weighted by Crippen LogP contribution is 2.12. The summed E-state index contributed by atoms with van der Waals surface area (Å²) in [6, 6.07) is 7.89. The summed E-state index contributed by atoms with van der Waals surface area (Å²) >= 11 is 3.37. The van der Waals surface area contributed by atoms with Crippen molar-refractivity contribution in [3.05, 3.63) is 45.8 Å². The van der Waals surface area contributed by atoms with E-state index in [0.717, 1.165) is 10.0 Å². The van der Waals surface area contributed by atoms with E-state index < -0.39 is 9.84 Å². The molecular weight excluding hydrogens is 290 g/mol. The van der Waals surface area contributed by atoms with Gasteiger partial charge in [-0.3, -0.25) is 0 Å². The predicted octanol–water partition coefficient (Wildman–Crippen LogP) is 1.85. The highest BCUT2D eigenvalue weighted by atomic mass is 79.9. The van der Waals surface area contributed by atoms with Crippen molar-refractivity contribution in [2.24, 2.45) is 0 Å². The Labute approximate surface area is 104 Å². The van der Waals surface area contributed by atoms with Crippen LogP contribution in [0.5, 0.6) is 0 Å². The number of sulfone groups is 1. The quantitative estimate of drug-likeness (QED) is 0.927. The van der Waals surface area contributed by atoms with Crippen molar-refractivity contribution in [1.82, 2.24) is 5.32 Å². The van der Waals surface area contributed by atoms with Gasteiger partial charge in [-0.1, -0.05) is 34.1 Å². The van der Waals surface area contributed by atoms with Gasteiger partial charge in [0.2, 0.25) is 0 Å². The van der Waals surface area contributed by atoms with E-state index in [9.17, 15) is 8.42 Å². The third-order valence-corrected chi connectivity index (χ3v) is 4.34. The lowest BCUT2D eigenvalue weighted by Gasteiger charge is -2.09. The minimum Gasteiger partial charge on any atom is -0.305 e. The molecule has 1 aromatic rings. The summed E-state index contributed by atoms with van der Waals surface area (Å²) in [4.78, 5) is 0. The van der Waals surface area contributed by atoms with Crippen LogP contribution in [0.1, 0.15) is 5.56 Å². The summed E-state index contributed by atoms with van der Waals surface area (Å²) in [6.07, 6.45) is 1.70. The number of rotatable bonds is 3. The van der Waals surface area contributed by atoms with E-state index in [0.29, 0.717) is 6.54 Å². The second-order valence-electron chi connectivity index (χ2n) is 3.77. The predicted molar refractivity (Wildman–Crippen MR) is 67.7 cm³/mol. The molecule has 1 aliphatic rings. The van der Waals surface area contributed by atoms with Crippen LogP contribution in [0.15, 0.2) is 40.2 Å². The number of benzene rings is 1. The van der Waals surface area contributed by atoms with E-state index in [-0.39, 0.29) is 11.8 Å². The zero-order valence-electron chi connectivity index (χ0n) is 8.56. The highest BCUT2D eigenvalue weighted by Gasteiger charge is 2.20. The van der Waals surface area contributed by atoms with Crippen LogP contribution in [0, 0.1) is 0 Å². The Bertz CT molecular complexity index is 493. The van der Waals surface area contributed by atoms with Gasteiger partial charge in [0.05, 0.1) is 5.75 Å². The molecule has 0 amide bonds. The van der Waals surface area contributed by atoms with E-state index in [1.165, 1.54) is 5.41 Å². The Kier molecular flexibility index (Phi) is 3.47. The van der Waals surface area contributed by atoms with Crippen LogP contribution in [-0.4, -0.2) is 20.2 Å². The van der Waals surface area contributed by atoms with Crippen molar-refractivity contribution in [1.29, 1.82) is 0 Å². The number of nitrogens with one attached hydrogen (secondary N) is 1. The van der Waals surface area contributed by atoms with E-state index in [4.69, 9.17) is 0 Å². The molecule has 16 heavy (non-hydrogen) atoms. The summed E-state index contributed by atoms with van der Waals surface area (Å²) in [5.41, 5.74) is 1.14. The van der Waals surface area contributed by atoms with E-state index >= 15 is 0 Å². The lowest BCUT2D eigenvalue weighted by molar-refractivity contribution is 0.590. The fraction of sp³-hybridized carbons (Fsp3) is 0.273. The molecule has 0 saturated heterocycles. The van der Waals surface area contributed by atoms with Gasteiger partial charge in [-0.2, -0.15) is 0 Å². The summed E-state index contributed by atoms with van der Waals surface area (Å²) < 4.78 is 23.4. The van der Waals surface area contributed by atoms with Crippen molar-refractivity contribution >= 4 is 25.8 Å². The molecule has 1 aromatic carbocycles. The van der Waals surface area contributed by atoms with Gasteiger partial charge in [-0.25, -0.2) is 8.42 Å². The molecule has 1 unspecified atom stereocenters. The van der Waals surface area contributed by atoms with Crippen molar-refractivity contribution in [3.63, 3.8) is 0 Å². The normalized spacial score (nSPS) is 22.4. The molecule has 86 valence electrons. The molecule has 0 bridgehead atoms. The molecule has 2 rings (SSSR count). The molecule has 0 fully saturated rings. The van der Waals surface area contributed by atoms with Gasteiger partial charge in [0, 0.05) is 22.5 Å². The SMILES string of the molecule is O=S1(=O)C=CC(NCc2ccc(Br)cc2)C1. The summed E-state index contributed by atoms with van der Waals surface area (Å²) in [5, 5.41) is 4.48. The highest BCUT2D eigenvalue weighted by molar-refractivity contribution is 9.10. The van der Waals surface area contributed by atoms with E-state index in [1.54, 1.807) is 6.08 Å². The first-order chi connectivity index (χ1) is 7.55. The van der Waals surface area contributed by atoms with Crippen LogP contribution in [0.25, 0.3) is 0 Å². The first-order valence-corrected chi connectivity index (χ1v) is 7.45. The largest absolute Gasteiger partial charge is 0.305 e. The molecule has 0 radical (unpaired) electrons. The van der Waals surface area contributed by atoms with Gasteiger partial charge in [0.25, 0.3) is 0 Å². The van der Waals surface area contributed by atoms with Gasteiger partial charge in [-0.15, -0.1) is 0 Å². The summed E-state index contributed by atoms with van der Waals surface area (Å²) in [7, 11) is -2.96. The number of hydrogen-bond acceptors (Lipinski definition) is 3. The fourth-order valence-corrected chi connectivity index (χ4v) is 3.09. The molecule has 5 heteroatoms. The monoisotopic (exact) mass is 301 g/mol. The fourth-order valence-electron chi connectivity index (χ4n) is 1.55. The van der Waals surface area contributed by atoms with Crippen LogP contribution in [-0.2, 0) is 16.4 Å². The first-order valence-electron chi connectivity index (χ1n) is 4.94. The van der Waals surface area contributed by atoms with Gasteiger partial charge >= 0.3 is 0 Å². The van der Waals surface area contributed by atoms with Gasteiger partial charge in [-0.05, 0) is 17.7 Å². The standard InChI is InChI=1S/C11H12BrNO2S/c12-10-3-1-9(2-4-10)7-13-11-5-6-16(14,15)8-11/h1-6,11,13H,7-8H2. The number of halogens is 1. The molecule has 1 atom stereocenters. The van der Waals surface area contributed by atoms with Crippen LogP contribution < -0.4 is 5.32 Å². The van der Waals surface area contributed by atoms with Crippen LogP contribution in [0.4, 0.5) is 0 Å². The molecular formula is C11H12BrNO2S. The minimum atomic E-state index is -2.96. The molecule has 0 spiro atoms. The maximum atomic E-state index is 11.2. The van der Waals surface area contributed by atoms with Gasteiger partial charge in [0.15, 0.2) is 9.84 Å². The van der Waals surface area contributed by atoms with Crippen molar-refractivity contribution < 1.29 is 8.42 Å². The molecule has 0 aromatic heterocycles. The Morgan fingerprint density at radius 3 is 2.56 bits per heavy atom. The van der Waals surface area contributed by atoms with Crippen LogP contribution in [0.3, 0.4) is 0 Å². The van der Waals surface area contributed by atoms with Gasteiger partial charge in [0.1, 0.15) is 0 Å². The Hall–Kier alpha value is -0.650. The van der Waals surface area contributed by atoms with Crippen molar-refractivity contribution in [2.75, 3.05) is 5.75 Å². The molecule has 0 saturated carbocycles. The summed E-state index contributed by atoms with van der Waals surface area (Å²) in [6.45, 7) is 0.678. The van der Waals surface area contributed by atoms with Crippen molar-refractivity contribution in [3.8, 4) is 0 Å². The molecule has 0 aliphatic carbocycles. The Morgan fingerprint density at radius 2 is 2.00 bits per heavy atom. The third-order valence-electron chi connectivity index (χ3n) is 2.41. The lowest BCUT2D eigenvalue weighted by Crippen LogP contribution is -2.29. The van der Waals surface area contributed by atoms with Crippen LogP contribution in [0.2, 0.25) is 0 Å². The lowest BCUT2D eigenvalue weighted by atomic mass is 10.2. The topological polar surface area (TPSA) is 46.2 Å². The average Bonchev–Trinajstić information content (AvgIpc) is 2.58. The zero-order chi connectivity index (χ0) is 11.6. The summed E-state index contributed by atoms with van der Waals surface area (Å²) in [5.74, 6) is 0.170. The first kappa shape index (κ1) is 11.8. The smallest absolute Gasteiger partial charge is 0.173 e. The molecule has 1 N–H and O–H groups in total. The second-order valence-corrected chi connectivity index (χ2v) is 6.62. The minimum absolute atomic E-state index is 0.0614. The Balaban J connectivity index is 1.89. The van der Waals surface area contributed by atoms with E-state index in [1.807, 2.05) is 24.3 Å².